The van der Waals surface area contributed by atoms with Crippen molar-refractivity contribution in [2.75, 3.05) is 25.2 Å². The Bertz CT molecular complexity index is 606. The molecule has 3 N–H and O–H groups in total. The molecule has 1 heterocycles. The molecule has 0 saturated carbocycles. The van der Waals surface area contributed by atoms with E-state index < -0.39 is 0 Å². The van der Waals surface area contributed by atoms with Crippen LogP contribution in [0.15, 0.2) is 24.3 Å². The van der Waals surface area contributed by atoms with Crippen LogP contribution in [-0.2, 0) is 9.53 Å². The first-order valence-electron chi connectivity index (χ1n) is 7.77. The molecule has 2 amide bonds. The van der Waals surface area contributed by atoms with Crippen LogP contribution in [0.2, 0.25) is 0 Å². The number of amides is 2. The number of ether oxygens (including phenoxy) is 1. The van der Waals surface area contributed by atoms with Crippen LogP contribution in [0.25, 0.3) is 0 Å². The monoisotopic (exact) mass is 350 g/mol. The molecule has 1 fully saturated rings. The highest BCUT2D eigenvalue weighted by Crippen LogP contribution is 2.21. The molecule has 24 heavy (non-hydrogen) atoms. The third-order valence-corrected chi connectivity index (χ3v) is 3.82. The number of benzene rings is 1. The van der Waals surface area contributed by atoms with Gasteiger partial charge in [0.25, 0.3) is 5.91 Å². The smallest absolute Gasteiger partial charge is 0.269 e. The molecule has 1 aromatic carbocycles. The standard InChI is InChI=1S/C16H22N4O3S/c1-11(10-23-2)17-16(24)19-18-15(22)12-5-7-13(8-6-12)20-9-3-4-14(20)21/h5-8,11H,3-4,9-10H2,1-2H3,(H,18,22)(H2,17,19,24)/t11-/m1/s1. The summed E-state index contributed by atoms with van der Waals surface area (Å²) >= 11 is 5.08. The van der Waals surface area contributed by atoms with Crippen molar-refractivity contribution in [1.82, 2.24) is 16.2 Å². The summed E-state index contributed by atoms with van der Waals surface area (Å²) in [5, 5.41) is 3.29. The van der Waals surface area contributed by atoms with Gasteiger partial charge in [0.15, 0.2) is 5.11 Å². The molecular formula is C16H22N4O3S. The van der Waals surface area contributed by atoms with Gasteiger partial charge in [0, 0.05) is 37.4 Å². The van der Waals surface area contributed by atoms with Crippen LogP contribution < -0.4 is 21.1 Å². The largest absolute Gasteiger partial charge is 0.383 e. The number of nitrogens with zero attached hydrogens (tertiary/aromatic N) is 1. The summed E-state index contributed by atoms with van der Waals surface area (Å²) < 4.78 is 5.00. The van der Waals surface area contributed by atoms with Crippen molar-refractivity contribution in [3.05, 3.63) is 29.8 Å². The van der Waals surface area contributed by atoms with E-state index in [2.05, 4.69) is 16.2 Å². The fraction of sp³-hybridized carbons (Fsp3) is 0.438. The third kappa shape index (κ3) is 4.90. The van der Waals surface area contributed by atoms with Crippen LogP contribution in [-0.4, -0.2) is 43.2 Å². The van der Waals surface area contributed by atoms with Gasteiger partial charge in [0.1, 0.15) is 0 Å². The van der Waals surface area contributed by atoms with Gasteiger partial charge in [0.2, 0.25) is 5.91 Å². The lowest BCUT2D eigenvalue weighted by Gasteiger charge is -2.17. The van der Waals surface area contributed by atoms with E-state index in [1.54, 1.807) is 36.3 Å². The van der Waals surface area contributed by atoms with Crippen molar-refractivity contribution in [3.63, 3.8) is 0 Å². The summed E-state index contributed by atoms with van der Waals surface area (Å²) in [6, 6.07) is 6.94. The Morgan fingerprint density at radius 3 is 2.62 bits per heavy atom. The Kier molecular flexibility index (Phi) is 6.51. The second-order valence-corrected chi connectivity index (χ2v) is 6.01. The van der Waals surface area contributed by atoms with Gasteiger partial charge >= 0.3 is 0 Å². The van der Waals surface area contributed by atoms with Gasteiger partial charge in [-0.2, -0.15) is 0 Å². The number of thiocarbonyl (C=S) groups is 1. The molecule has 1 aromatic rings. The first kappa shape index (κ1) is 18.2. The van der Waals surface area contributed by atoms with Crippen molar-refractivity contribution >= 4 is 34.8 Å². The van der Waals surface area contributed by atoms with Crippen LogP contribution in [0.1, 0.15) is 30.1 Å². The van der Waals surface area contributed by atoms with Gasteiger partial charge in [-0.1, -0.05) is 0 Å². The maximum Gasteiger partial charge on any atom is 0.269 e. The topological polar surface area (TPSA) is 82.7 Å². The highest BCUT2D eigenvalue weighted by atomic mass is 32.1. The number of hydrazine groups is 1. The maximum absolute atomic E-state index is 12.1. The minimum Gasteiger partial charge on any atom is -0.383 e. The van der Waals surface area contributed by atoms with E-state index in [9.17, 15) is 9.59 Å². The van der Waals surface area contributed by atoms with E-state index in [1.165, 1.54) is 0 Å². The number of carbonyl (C=O) groups excluding carboxylic acids is 2. The molecule has 0 aliphatic carbocycles. The molecule has 130 valence electrons. The molecule has 7 nitrogen and oxygen atoms in total. The predicted octanol–water partition coefficient (Wildman–Crippen LogP) is 0.957. The molecular weight excluding hydrogens is 328 g/mol. The van der Waals surface area contributed by atoms with Gasteiger partial charge in [-0.25, -0.2) is 0 Å². The van der Waals surface area contributed by atoms with Gasteiger partial charge < -0.3 is 15.0 Å². The second kappa shape index (κ2) is 8.60. The summed E-state index contributed by atoms with van der Waals surface area (Å²) in [6.45, 7) is 3.15. The number of hydrogen-bond acceptors (Lipinski definition) is 4. The molecule has 8 heteroatoms. The summed E-state index contributed by atoms with van der Waals surface area (Å²) in [6.07, 6.45) is 1.45. The number of carbonyl (C=O) groups is 2. The quantitative estimate of drug-likeness (QED) is 0.542. The highest BCUT2D eigenvalue weighted by Gasteiger charge is 2.21. The van der Waals surface area contributed by atoms with Crippen LogP contribution in [0.3, 0.4) is 0 Å². The minimum absolute atomic E-state index is 0.0317. The van der Waals surface area contributed by atoms with E-state index >= 15 is 0 Å². The van der Waals surface area contributed by atoms with Crippen LogP contribution in [0, 0.1) is 0 Å². The van der Waals surface area contributed by atoms with Gasteiger partial charge in [-0.15, -0.1) is 0 Å². The van der Waals surface area contributed by atoms with Gasteiger partial charge in [-0.3, -0.25) is 20.4 Å². The fourth-order valence-electron chi connectivity index (χ4n) is 2.45. The zero-order chi connectivity index (χ0) is 17.5. The van der Waals surface area contributed by atoms with Crippen LogP contribution >= 0.6 is 12.2 Å². The molecule has 2 rings (SSSR count). The van der Waals surface area contributed by atoms with E-state index in [-0.39, 0.29) is 17.9 Å². The molecule has 1 saturated heterocycles. The molecule has 0 unspecified atom stereocenters. The van der Waals surface area contributed by atoms with Gasteiger partial charge in [0.05, 0.1) is 6.61 Å². The summed E-state index contributed by atoms with van der Waals surface area (Å²) in [4.78, 5) is 25.5. The van der Waals surface area contributed by atoms with Gasteiger partial charge in [-0.05, 0) is 49.8 Å². The summed E-state index contributed by atoms with van der Waals surface area (Å²) in [5.41, 5.74) is 6.47. The number of nitrogens with one attached hydrogen (secondary N) is 3. The lowest BCUT2D eigenvalue weighted by atomic mass is 10.2. The van der Waals surface area contributed by atoms with E-state index in [0.717, 1.165) is 18.7 Å². The van der Waals surface area contributed by atoms with Crippen LogP contribution in [0.5, 0.6) is 0 Å². The zero-order valence-corrected chi connectivity index (χ0v) is 14.6. The second-order valence-electron chi connectivity index (χ2n) is 5.60. The van der Waals surface area contributed by atoms with Crippen molar-refractivity contribution in [2.45, 2.75) is 25.8 Å². The molecule has 1 aliphatic heterocycles. The van der Waals surface area contributed by atoms with Crippen molar-refractivity contribution in [2.24, 2.45) is 0 Å². The van der Waals surface area contributed by atoms with E-state index in [1.807, 2.05) is 6.92 Å². The fourth-order valence-corrected chi connectivity index (χ4v) is 2.70. The molecule has 0 spiro atoms. The summed E-state index contributed by atoms with van der Waals surface area (Å²) in [5.74, 6) is -0.187. The normalized spacial score (nSPS) is 15.1. The lowest BCUT2D eigenvalue weighted by molar-refractivity contribution is -0.117. The average Bonchev–Trinajstić information content (AvgIpc) is 2.99. The molecule has 1 atom stereocenters. The summed E-state index contributed by atoms with van der Waals surface area (Å²) in [7, 11) is 1.61. The maximum atomic E-state index is 12.1. The Morgan fingerprint density at radius 2 is 2.04 bits per heavy atom. The Labute approximate surface area is 146 Å². The molecule has 0 aromatic heterocycles. The Balaban J connectivity index is 1.84. The minimum atomic E-state index is -0.308. The average molecular weight is 350 g/mol. The lowest BCUT2D eigenvalue weighted by Crippen LogP contribution is -2.49. The van der Waals surface area contributed by atoms with Crippen molar-refractivity contribution in [3.8, 4) is 0 Å². The van der Waals surface area contributed by atoms with Crippen LogP contribution in [0.4, 0.5) is 5.69 Å². The number of methoxy groups -OCH3 is 1. The molecule has 0 radical (unpaired) electrons. The first-order chi connectivity index (χ1) is 11.5. The zero-order valence-electron chi connectivity index (χ0n) is 13.8. The molecule has 0 bridgehead atoms. The first-order valence-corrected chi connectivity index (χ1v) is 8.18. The number of rotatable bonds is 5. The number of anilines is 1. The van der Waals surface area contributed by atoms with E-state index in [0.29, 0.717) is 23.7 Å². The SMILES string of the molecule is COC[C@@H](C)NC(=S)NNC(=O)c1ccc(N2CCCC2=O)cc1. The van der Waals surface area contributed by atoms with Crippen molar-refractivity contribution < 1.29 is 14.3 Å². The van der Waals surface area contributed by atoms with Crippen molar-refractivity contribution in [1.29, 1.82) is 0 Å². The van der Waals surface area contributed by atoms with E-state index in [4.69, 9.17) is 17.0 Å². The molecule has 1 aliphatic rings. The Hall–Kier alpha value is -2.19. The Morgan fingerprint density at radius 1 is 1.33 bits per heavy atom. The third-order valence-electron chi connectivity index (χ3n) is 3.60. The predicted molar refractivity (Wildman–Crippen MR) is 95.7 cm³/mol. The highest BCUT2D eigenvalue weighted by molar-refractivity contribution is 7.80. The number of hydrogen-bond donors (Lipinski definition) is 3.